The zero-order chi connectivity index (χ0) is 77.4. The molecule has 0 radical (unpaired) electrons. The summed E-state index contributed by atoms with van der Waals surface area (Å²) in [7, 11) is 1.22. The van der Waals surface area contributed by atoms with Crippen molar-refractivity contribution in [2.45, 2.75) is 166 Å². The summed E-state index contributed by atoms with van der Waals surface area (Å²) in [6.07, 6.45) is 3.41. The van der Waals surface area contributed by atoms with Crippen molar-refractivity contribution in [2.24, 2.45) is 5.73 Å². The molecule has 7 aromatic carbocycles. The van der Waals surface area contributed by atoms with E-state index in [1.807, 2.05) is 217 Å². The van der Waals surface area contributed by atoms with Crippen LogP contribution in [-0.2, 0) is 34.9 Å². The Morgan fingerprint density at radius 3 is 1.17 bits per heavy atom. The molecule has 0 unspecified atom stereocenters. The number of carbonyl (C=O) groups is 6. The number of hydrogen-bond acceptors (Lipinski definition) is 19. The summed E-state index contributed by atoms with van der Waals surface area (Å²) in [6.45, 7) is 15.9. The molecule has 2 aromatic heterocycles. The van der Waals surface area contributed by atoms with Gasteiger partial charge in [0.25, 0.3) is 5.69 Å². The molecule has 0 fully saturated rings. The Balaban J connectivity index is 0.000000287. The Morgan fingerprint density at radius 2 is 0.832 bits per heavy atom. The first-order valence-corrected chi connectivity index (χ1v) is 35.8. The van der Waals surface area contributed by atoms with Crippen LogP contribution in [0.1, 0.15) is 200 Å². The maximum absolute atomic E-state index is 14.2. The first-order chi connectivity index (χ1) is 51.2. The normalized spacial score (nSPS) is 12.5. The van der Waals surface area contributed by atoms with Gasteiger partial charge in [-0.1, -0.05) is 219 Å². The number of nitrogens with zero attached hydrogens (tertiary/aromatic N) is 5. The first-order valence-electron chi connectivity index (χ1n) is 35.5. The highest BCUT2D eigenvalue weighted by Crippen LogP contribution is 2.39. The van der Waals surface area contributed by atoms with Crippen LogP contribution in [0.3, 0.4) is 0 Å². The topological polar surface area (TPSA) is 346 Å². The molecule has 566 valence electrons. The first kappa shape index (κ1) is 83.0. The second kappa shape index (κ2) is 40.8. The van der Waals surface area contributed by atoms with Gasteiger partial charge in [0, 0.05) is 61.5 Å². The highest BCUT2D eigenvalue weighted by Gasteiger charge is 2.40. The van der Waals surface area contributed by atoms with E-state index >= 15 is 0 Å². The molecular formula is C81H96ClN11O14. The number of hydrogen-bond donors (Lipinski definition) is 6. The third kappa shape index (κ3) is 26.1. The number of nitrogens with two attached hydrogens (primary N) is 1. The van der Waals surface area contributed by atoms with Crippen molar-refractivity contribution in [3.63, 3.8) is 0 Å². The van der Waals surface area contributed by atoms with Gasteiger partial charge >= 0.3 is 23.7 Å². The van der Waals surface area contributed by atoms with Crippen LogP contribution in [0.25, 0.3) is 0 Å². The number of alkyl carbamates (subject to hydrolysis) is 2. The van der Waals surface area contributed by atoms with Gasteiger partial charge in [-0.15, -0.1) is 0 Å². The molecule has 26 heteroatoms. The molecule has 7 N–H and O–H groups in total. The number of rotatable bonds is 31. The number of aromatic nitrogens is 4. The number of nitrogens with one attached hydrogen (secondary N) is 5. The number of ether oxygens (including phenoxy) is 4. The standard InChI is InChI=1S/C43H48N6O8.C36H45N5O4.C2H3ClO2/c1-30(16-14-15-29-44-40(51)56-42(2,3)4)38-46-39(57-48-38)36(45-41(52)55-35-25-23-34(24-26-35)49(53)54)27-28-37(50)47-43(31-17-8-5-9-18-31,32-19-10-6-11-20-32)33-21-12-7-13-22-33;1-26(16-14-15-25-38-34(43)44-35(2,3)4)32-39-33(45-41-32)30(37)23-24-31(42)40-36(27-17-8-5-9-18-27,28-19-10-6-11-20-28)29-21-12-7-13-22-29;1-5-2(3)4/h5-13,17-26,30,36H,14-16,27-29H2,1-4H3,(H,44,51)(H,45,52)(H,47,50);5-13,17-22,26,30H,14-16,23-25,37H2,1-4H3,(H,38,43)(H,40,42);1H3/t30-,36-;26-,30-;/m00./s1. The van der Waals surface area contributed by atoms with Crippen molar-refractivity contribution in [1.29, 1.82) is 0 Å². The molecule has 9 aromatic rings. The summed E-state index contributed by atoms with van der Waals surface area (Å²) in [6, 6.07) is 62.6. The zero-order valence-corrected chi connectivity index (χ0v) is 62.6. The van der Waals surface area contributed by atoms with E-state index in [-0.39, 0.29) is 60.2 Å². The third-order valence-electron chi connectivity index (χ3n) is 16.8. The van der Waals surface area contributed by atoms with Gasteiger partial charge in [-0.2, -0.15) is 9.97 Å². The Kier molecular flexibility index (Phi) is 31.7. The molecule has 0 aliphatic rings. The Morgan fingerprint density at radius 1 is 0.495 bits per heavy atom. The van der Waals surface area contributed by atoms with Crippen LogP contribution in [0.4, 0.5) is 24.9 Å². The van der Waals surface area contributed by atoms with E-state index in [1.165, 1.54) is 31.4 Å². The fourth-order valence-electron chi connectivity index (χ4n) is 11.6. The van der Waals surface area contributed by atoms with E-state index in [2.05, 4.69) is 63.2 Å². The van der Waals surface area contributed by atoms with Crippen molar-refractivity contribution >= 4 is 52.8 Å². The summed E-state index contributed by atoms with van der Waals surface area (Å²) in [4.78, 5) is 93.9. The maximum atomic E-state index is 14.2. The summed E-state index contributed by atoms with van der Waals surface area (Å²) in [5.74, 6) is 0.960. The second-order valence-corrected chi connectivity index (χ2v) is 27.7. The minimum atomic E-state index is -1.05. The molecule has 4 atom stereocenters. The fraction of sp³-hybridized carbons (Fsp3) is 0.358. The highest BCUT2D eigenvalue weighted by molar-refractivity contribution is 6.61. The average Bonchev–Trinajstić information content (AvgIpc) is 0.909. The van der Waals surface area contributed by atoms with Crippen LogP contribution in [0.2, 0.25) is 0 Å². The van der Waals surface area contributed by atoms with Crippen LogP contribution in [0.5, 0.6) is 5.75 Å². The number of methoxy groups -OCH3 is 1. The van der Waals surface area contributed by atoms with E-state index < -0.39 is 63.0 Å². The van der Waals surface area contributed by atoms with Crippen LogP contribution in [-0.4, -0.2) is 92.1 Å². The van der Waals surface area contributed by atoms with E-state index in [1.54, 1.807) is 20.8 Å². The van der Waals surface area contributed by atoms with E-state index in [0.717, 1.165) is 59.1 Å². The molecule has 0 spiro atoms. The molecule has 0 saturated heterocycles. The van der Waals surface area contributed by atoms with Gasteiger partial charge in [0.1, 0.15) is 34.1 Å². The van der Waals surface area contributed by atoms with Crippen LogP contribution in [0.15, 0.2) is 215 Å². The largest absolute Gasteiger partial charge is 0.457 e. The van der Waals surface area contributed by atoms with Crippen molar-refractivity contribution in [3.05, 3.63) is 273 Å². The van der Waals surface area contributed by atoms with Gasteiger partial charge in [-0.05, 0) is 126 Å². The minimum Gasteiger partial charge on any atom is -0.457 e. The second-order valence-electron chi connectivity index (χ2n) is 27.4. The number of carbonyl (C=O) groups excluding carboxylic acids is 6. The van der Waals surface area contributed by atoms with Crippen molar-refractivity contribution in [2.75, 3.05) is 20.2 Å². The number of amides is 5. The molecule has 0 aliphatic heterocycles. The lowest BCUT2D eigenvalue weighted by molar-refractivity contribution is -0.384. The molecule has 0 saturated carbocycles. The maximum Gasteiger partial charge on any atom is 0.413 e. The highest BCUT2D eigenvalue weighted by atomic mass is 35.5. The van der Waals surface area contributed by atoms with Crippen molar-refractivity contribution < 1.29 is 61.7 Å². The number of benzene rings is 7. The van der Waals surface area contributed by atoms with E-state index in [4.69, 9.17) is 29.0 Å². The molecule has 5 amide bonds. The van der Waals surface area contributed by atoms with Gasteiger partial charge in [0.05, 0.1) is 18.1 Å². The lowest BCUT2D eigenvalue weighted by Crippen LogP contribution is -2.48. The molecule has 9 rings (SSSR count). The number of halogens is 1. The lowest BCUT2D eigenvalue weighted by atomic mass is 9.77. The molecule has 0 aliphatic carbocycles. The number of unbranched alkanes of at least 4 members (excludes halogenated alkanes) is 2. The summed E-state index contributed by atoms with van der Waals surface area (Å²) < 4.78 is 31.0. The van der Waals surface area contributed by atoms with Crippen molar-refractivity contribution in [3.8, 4) is 5.75 Å². The van der Waals surface area contributed by atoms with E-state index in [9.17, 15) is 38.9 Å². The average molecular weight is 1480 g/mol. The summed E-state index contributed by atoms with van der Waals surface area (Å²) in [5.41, 5.74) is 7.90. The van der Waals surface area contributed by atoms with Gasteiger partial charge in [-0.25, -0.2) is 19.2 Å². The van der Waals surface area contributed by atoms with Gasteiger partial charge < -0.3 is 60.3 Å². The Labute approximate surface area is 629 Å². The predicted molar refractivity (Wildman–Crippen MR) is 405 cm³/mol. The van der Waals surface area contributed by atoms with Crippen LogP contribution < -0.4 is 37.1 Å². The molecule has 0 bridgehead atoms. The van der Waals surface area contributed by atoms with Crippen LogP contribution >= 0.6 is 11.6 Å². The van der Waals surface area contributed by atoms with Gasteiger partial charge in [-0.3, -0.25) is 19.7 Å². The quantitative estimate of drug-likeness (QED) is 0.00587. The van der Waals surface area contributed by atoms with Crippen molar-refractivity contribution in [1.82, 2.24) is 46.9 Å². The Hall–Kier alpha value is -11.3. The Bertz CT molecular complexity index is 4030. The fourth-order valence-corrected chi connectivity index (χ4v) is 11.6. The van der Waals surface area contributed by atoms with Crippen LogP contribution in [0, 0.1) is 10.1 Å². The smallest absolute Gasteiger partial charge is 0.413 e. The monoisotopic (exact) mass is 1480 g/mol. The lowest BCUT2D eigenvalue weighted by Gasteiger charge is -2.37. The molecule has 2 heterocycles. The van der Waals surface area contributed by atoms with Gasteiger partial charge in [0.2, 0.25) is 23.6 Å². The summed E-state index contributed by atoms with van der Waals surface area (Å²) >= 11 is 4.60. The number of nitro groups is 1. The van der Waals surface area contributed by atoms with Gasteiger partial charge in [0.15, 0.2) is 11.6 Å². The zero-order valence-electron chi connectivity index (χ0n) is 61.8. The molecule has 25 nitrogen and oxygen atoms in total. The van der Waals surface area contributed by atoms with E-state index in [0.29, 0.717) is 49.9 Å². The SMILES string of the molecule is COC(=O)Cl.C[C@@H](CCCCNC(=O)OC(C)(C)C)c1noc([C@@H](N)CCC(=O)NC(c2ccccc2)(c2ccccc2)c2ccccc2)n1.C[C@@H](CCCCNC(=O)OC(C)(C)C)c1noc([C@H](CCC(=O)NC(c2ccccc2)(c2ccccc2)c2ccccc2)NC(=O)Oc2ccc([N+](=O)[O-])cc2)n1. The predicted octanol–water partition coefficient (Wildman–Crippen LogP) is 16.2. The minimum absolute atomic E-state index is 0.0575. The number of nitro benzene ring substituents is 1. The summed E-state index contributed by atoms with van der Waals surface area (Å²) in [5, 5.41) is 34.4. The number of non-ortho nitro benzene ring substituents is 1. The molecular weight excluding hydrogens is 1390 g/mol. The molecule has 107 heavy (non-hydrogen) atoms. The third-order valence-corrected chi connectivity index (χ3v) is 17.0.